The molecule has 1 unspecified atom stereocenters. The van der Waals surface area contributed by atoms with Gasteiger partial charge in [0.05, 0.1) is 35.6 Å². The molecule has 3 aromatic heterocycles. The molecular weight excluding hydrogens is 839 g/mol. The van der Waals surface area contributed by atoms with Crippen molar-refractivity contribution in [3.63, 3.8) is 0 Å². The number of carbonyl (C=O) groups is 1. The lowest BCUT2D eigenvalue weighted by Gasteiger charge is -2.32. The van der Waals surface area contributed by atoms with E-state index in [1.165, 1.54) is 15.8 Å². The molecule has 0 aliphatic carbocycles. The van der Waals surface area contributed by atoms with E-state index in [9.17, 15) is 4.79 Å². The number of anilines is 5. The molecule has 0 spiro atoms. The molecule has 0 saturated carbocycles. The summed E-state index contributed by atoms with van der Waals surface area (Å²) in [6.07, 6.45) is 11.6. The van der Waals surface area contributed by atoms with Gasteiger partial charge in [-0.15, -0.1) is 0 Å². The summed E-state index contributed by atoms with van der Waals surface area (Å²) in [5.41, 5.74) is 16.7. The topological polar surface area (TPSA) is 197 Å². The van der Waals surface area contributed by atoms with Gasteiger partial charge in [-0.25, -0.2) is 24.7 Å². The number of hydrogen-bond donors (Lipinski definition) is 4. The first-order valence-corrected chi connectivity index (χ1v) is 21.5. The Morgan fingerprint density at radius 2 is 1.56 bits per heavy atom. The minimum atomic E-state index is -0.580. The number of para-hydroxylation sites is 1. The molecule has 17 heteroatoms. The van der Waals surface area contributed by atoms with Gasteiger partial charge in [-0.1, -0.05) is 41.9 Å². The molecule has 0 bridgehead atoms. The molecule has 6 aromatic rings. The Bertz CT molecular complexity index is 2480. The Morgan fingerprint density at radius 1 is 0.857 bits per heavy atom. The van der Waals surface area contributed by atoms with Gasteiger partial charge in [0.25, 0.3) is 0 Å². The Labute approximate surface area is 378 Å². The number of hydrogen-bond acceptors (Lipinski definition) is 14. The van der Waals surface area contributed by atoms with Crippen molar-refractivity contribution in [2.75, 3.05) is 48.4 Å². The van der Waals surface area contributed by atoms with Gasteiger partial charge in [0.2, 0.25) is 5.28 Å². The maximum atomic E-state index is 12.2. The lowest BCUT2D eigenvalue weighted by molar-refractivity contribution is 0.0522. The number of fused-ring (bicyclic) bond motifs is 1. The lowest BCUT2D eigenvalue weighted by atomic mass is 10.1. The number of carbonyl (C=O) groups excluding carboxylic acids is 1. The SMILES string of the molecule is CC(C)(C)OC(=O)n1ncc2cc(Nc3ccnc(Cl)n3)ccc21.Cc1nccc(Nc2ccc(C3=CCN=C3)cc2)n1.NC1CCN(c2ccccc2Cl)CC1.NC1CCOC1. The monoisotopic (exact) mass is 892 g/mol. The maximum absolute atomic E-state index is 12.2. The van der Waals surface area contributed by atoms with Gasteiger partial charge in [0.15, 0.2) is 0 Å². The van der Waals surface area contributed by atoms with E-state index in [0.29, 0.717) is 23.4 Å². The van der Waals surface area contributed by atoms with Crippen molar-refractivity contribution >= 4 is 80.7 Å². The van der Waals surface area contributed by atoms with Crippen molar-refractivity contribution < 1.29 is 14.3 Å². The lowest BCUT2D eigenvalue weighted by Crippen LogP contribution is -2.39. The minimum absolute atomic E-state index is 0.166. The number of nitrogens with one attached hydrogen (secondary N) is 2. The molecule has 3 aliphatic heterocycles. The van der Waals surface area contributed by atoms with Crippen LogP contribution in [0, 0.1) is 6.92 Å². The molecule has 1 atom stereocenters. The highest BCUT2D eigenvalue weighted by atomic mass is 35.5. The highest BCUT2D eigenvalue weighted by Crippen LogP contribution is 2.28. The van der Waals surface area contributed by atoms with Crippen LogP contribution in [0.1, 0.15) is 51.4 Å². The fraction of sp³-hybridized carbons (Fsp3) is 0.326. The summed E-state index contributed by atoms with van der Waals surface area (Å²) in [6.45, 7) is 11.8. The van der Waals surface area contributed by atoms with Gasteiger partial charge in [-0.2, -0.15) is 9.78 Å². The average molecular weight is 894 g/mol. The third-order valence-corrected chi connectivity index (χ3v) is 10.1. The predicted octanol–water partition coefficient (Wildman–Crippen LogP) is 9.00. The van der Waals surface area contributed by atoms with Crippen LogP contribution in [0.3, 0.4) is 0 Å². The van der Waals surface area contributed by atoms with Crippen LogP contribution < -0.4 is 27.0 Å². The Morgan fingerprint density at radius 3 is 2.17 bits per heavy atom. The molecule has 63 heavy (non-hydrogen) atoms. The Hall–Kier alpha value is -5.97. The zero-order valence-corrected chi connectivity index (χ0v) is 37.4. The largest absolute Gasteiger partial charge is 0.442 e. The van der Waals surface area contributed by atoms with Crippen molar-refractivity contribution in [2.45, 2.75) is 64.6 Å². The normalized spacial score (nSPS) is 15.8. The van der Waals surface area contributed by atoms with Crippen LogP contribution in [-0.4, -0.2) is 92.6 Å². The quantitative estimate of drug-likeness (QED) is 0.116. The third-order valence-electron chi connectivity index (χ3n) is 9.64. The molecule has 2 saturated heterocycles. The van der Waals surface area contributed by atoms with Crippen LogP contribution in [0.25, 0.3) is 16.5 Å². The first kappa shape index (κ1) is 46.5. The number of benzene rings is 3. The second-order valence-corrected chi connectivity index (χ2v) is 16.6. The van der Waals surface area contributed by atoms with Gasteiger partial charge in [0.1, 0.15) is 23.1 Å². The molecule has 9 rings (SSSR count). The number of nitrogens with zero attached hydrogens (tertiary/aromatic N) is 8. The smallest absolute Gasteiger partial charge is 0.435 e. The van der Waals surface area contributed by atoms with Gasteiger partial charge < -0.3 is 36.5 Å². The number of nitrogens with two attached hydrogens (primary N) is 2. The Kier molecular flexibility index (Phi) is 16.5. The van der Waals surface area contributed by atoms with E-state index in [4.69, 9.17) is 44.1 Å². The number of halogens is 2. The van der Waals surface area contributed by atoms with Crippen LogP contribution in [0.15, 0.2) is 109 Å². The summed E-state index contributed by atoms with van der Waals surface area (Å²) in [7, 11) is 0. The molecule has 15 nitrogen and oxygen atoms in total. The van der Waals surface area contributed by atoms with Crippen molar-refractivity contribution in [3.05, 3.63) is 125 Å². The number of rotatable bonds is 6. The van der Waals surface area contributed by atoms with Crippen molar-refractivity contribution in [1.82, 2.24) is 29.7 Å². The fourth-order valence-electron chi connectivity index (χ4n) is 6.48. The molecule has 3 aromatic carbocycles. The highest BCUT2D eigenvalue weighted by molar-refractivity contribution is 6.33. The summed E-state index contributed by atoms with van der Waals surface area (Å²) in [6, 6.07) is 26.0. The van der Waals surface area contributed by atoms with E-state index >= 15 is 0 Å². The number of aromatic nitrogens is 6. The fourth-order valence-corrected chi connectivity index (χ4v) is 6.88. The Balaban J connectivity index is 0.000000151. The van der Waals surface area contributed by atoms with Gasteiger partial charge in [0, 0.05) is 67.1 Å². The first-order chi connectivity index (χ1) is 30.3. The number of ether oxygens (including phenoxy) is 2. The first-order valence-electron chi connectivity index (χ1n) is 20.7. The molecule has 6 N–H and O–H groups in total. The summed E-state index contributed by atoms with van der Waals surface area (Å²) in [5.74, 6) is 2.14. The summed E-state index contributed by atoms with van der Waals surface area (Å²) >= 11 is 11.9. The van der Waals surface area contributed by atoms with Gasteiger partial charge in [-0.05, 0) is 124 Å². The molecular formula is C46H54Cl2N12O3. The van der Waals surface area contributed by atoms with Crippen molar-refractivity contribution in [1.29, 1.82) is 0 Å². The highest BCUT2D eigenvalue weighted by Gasteiger charge is 2.20. The van der Waals surface area contributed by atoms with E-state index in [2.05, 4.69) is 69.8 Å². The number of allylic oxidation sites excluding steroid dienone is 1. The molecule has 330 valence electrons. The number of aryl methyl sites for hydroxylation is 1. The van der Waals surface area contributed by atoms with Crippen molar-refractivity contribution in [3.8, 4) is 0 Å². The zero-order valence-electron chi connectivity index (χ0n) is 35.9. The zero-order chi connectivity index (χ0) is 44.8. The molecule has 6 heterocycles. The predicted molar refractivity (Wildman–Crippen MR) is 254 cm³/mol. The van der Waals surface area contributed by atoms with Gasteiger partial charge in [-0.3, -0.25) is 4.99 Å². The van der Waals surface area contributed by atoms with E-state index < -0.39 is 11.7 Å². The van der Waals surface area contributed by atoms with Crippen molar-refractivity contribution in [2.24, 2.45) is 16.5 Å². The number of piperidine rings is 1. The van der Waals surface area contributed by atoms with Crippen LogP contribution >= 0.6 is 23.2 Å². The average Bonchev–Trinajstić information content (AvgIpc) is 4.06. The van der Waals surface area contributed by atoms with E-state index in [0.717, 1.165) is 91.2 Å². The molecule has 0 amide bonds. The standard InChI is InChI=1S/C16H16ClN5O2.C15H14N4.C11H15ClN2.C4H9NO/c1-16(2,3)24-15(23)22-12-5-4-11(8-10(12)9-19-22)20-13-6-7-18-14(17)21-13;1-11-17-9-7-15(18-11)19-14-4-2-12(3-5-14)13-6-8-16-10-13;12-10-3-1-2-4-11(10)14-7-5-9(13)6-8-14;5-4-1-2-6-3-4/h4-9H,1-3H3,(H,18,20,21);2-7,9-10H,8H2,1H3,(H,17,18,19);1-4,9H,5-8,13H2;4H,1-3,5H2. The molecule has 3 aliphatic rings. The maximum Gasteiger partial charge on any atom is 0.435 e. The third kappa shape index (κ3) is 14.5. The molecule has 2 fully saturated rings. The summed E-state index contributed by atoms with van der Waals surface area (Å²) in [4.78, 5) is 35.0. The van der Waals surface area contributed by atoms with Crippen LogP contribution in [0.2, 0.25) is 10.3 Å². The number of aliphatic imine (C=N–C) groups is 1. The molecule has 0 radical (unpaired) electrons. The second-order valence-electron chi connectivity index (χ2n) is 15.9. The summed E-state index contributed by atoms with van der Waals surface area (Å²) < 4.78 is 11.5. The van der Waals surface area contributed by atoms with Crippen LogP contribution in [-0.2, 0) is 9.47 Å². The van der Waals surface area contributed by atoms with E-state index in [1.807, 2.05) is 82.4 Å². The van der Waals surface area contributed by atoms with Crippen LogP contribution in [0.5, 0.6) is 0 Å². The van der Waals surface area contributed by atoms with Crippen LogP contribution in [0.4, 0.5) is 33.5 Å². The summed E-state index contributed by atoms with van der Waals surface area (Å²) in [5, 5.41) is 12.3. The van der Waals surface area contributed by atoms with E-state index in [-0.39, 0.29) is 5.28 Å². The van der Waals surface area contributed by atoms with Gasteiger partial charge >= 0.3 is 6.09 Å². The minimum Gasteiger partial charge on any atom is -0.442 e. The van der Waals surface area contributed by atoms with E-state index in [1.54, 1.807) is 30.7 Å². The second kappa shape index (κ2) is 22.4.